The number of rotatable bonds is 11. The fraction of sp³-hybridized carbons (Fsp3) is 0.310. The molecule has 0 radical (unpaired) electrons. The van der Waals surface area contributed by atoms with E-state index < -0.39 is 21.7 Å². The van der Waals surface area contributed by atoms with Crippen LogP contribution in [0.5, 0.6) is 5.75 Å². The van der Waals surface area contributed by atoms with Crippen molar-refractivity contribution in [3.8, 4) is 11.8 Å². The summed E-state index contributed by atoms with van der Waals surface area (Å²) in [5, 5.41) is 9.38. The molecule has 4 rings (SSSR count). The molecule has 41 heavy (non-hydrogen) atoms. The third-order valence-corrected chi connectivity index (χ3v) is 8.24. The summed E-state index contributed by atoms with van der Waals surface area (Å²) in [5.41, 5.74) is 1.50. The lowest BCUT2D eigenvalue weighted by Crippen LogP contribution is -2.39. The maximum Gasteiger partial charge on any atom is 0.323 e. The maximum absolute atomic E-state index is 13.3. The summed E-state index contributed by atoms with van der Waals surface area (Å²) in [6, 6.07) is 15.5. The van der Waals surface area contributed by atoms with Crippen molar-refractivity contribution in [1.82, 2.24) is 9.97 Å². The van der Waals surface area contributed by atoms with E-state index in [0.717, 1.165) is 35.8 Å². The summed E-state index contributed by atoms with van der Waals surface area (Å²) in [6.45, 7) is 3.06. The molecule has 214 valence electrons. The number of halogens is 1. The predicted molar refractivity (Wildman–Crippen MR) is 157 cm³/mol. The Kier molecular flexibility index (Phi) is 10.2. The number of nitriles is 1. The van der Waals surface area contributed by atoms with E-state index in [1.165, 1.54) is 6.07 Å². The molecule has 1 fully saturated rings. The Morgan fingerprint density at radius 2 is 1.93 bits per heavy atom. The van der Waals surface area contributed by atoms with Gasteiger partial charge in [0.15, 0.2) is 5.75 Å². The van der Waals surface area contributed by atoms with E-state index in [1.807, 2.05) is 0 Å². The zero-order valence-corrected chi connectivity index (χ0v) is 24.1. The number of nitrogens with zero attached hydrogens (tertiary/aromatic N) is 5. The second kappa shape index (κ2) is 14.0. The SMILES string of the molecule is CCOC(=O)CS(=O)(=O)N(CC=Cc1cccc(C#N)c1)c1ccc(OC2CCN(c3ncccn3)CC2)c(Cl)c1. The van der Waals surface area contributed by atoms with Crippen LogP contribution in [-0.4, -0.2) is 62.5 Å². The number of hydrogen-bond acceptors (Lipinski definition) is 9. The van der Waals surface area contributed by atoms with Gasteiger partial charge in [-0.05, 0) is 48.9 Å². The number of anilines is 2. The minimum absolute atomic E-state index is 0.0681. The summed E-state index contributed by atoms with van der Waals surface area (Å²) < 4.78 is 38.7. The molecule has 0 amide bonds. The predicted octanol–water partition coefficient (Wildman–Crippen LogP) is 4.46. The lowest BCUT2D eigenvalue weighted by atomic mass is 10.1. The van der Waals surface area contributed by atoms with Crippen LogP contribution in [0.25, 0.3) is 6.08 Å². The van der Waals surface area contributed by atoms with Gasteiger partial charge in [-0.25, -0.2) is 18.4 Å². The van der Waals surface area contributed by atoms with Gasteiger partial charge in [0.2, 0.25) is 16.0 Å². The molecule has 0 unspecified atom stereocenters. The fourth-order valence-corrected chi connectivity index (χ4v) is 5.86. The van der Waals surface area contributed by atoms with E-state index in [9.17, 15) is 13.2 Å². The van der Waals surface area contributed by atoms with Gasteiger partial charge in [-0.2, -0.15) is 5.26 Å². The Bertz CT molecular complexity index is 1520. The van der Waals surface area contributed by atoms with E-state index in [2.05, 4.69) is 20.9 Å². The van der Waals surface area contributed by atoms with E-state index in [4.69, 9.17) is 26.3 Å². The van der Waals surface area contributed by atoms with Gasteiger partial charge >= 0.3 is 5.97 Å². The van der Waals surface area contributed by atoms with Crippen LogP contribution in [0.3, 0.4) is 0 Å². The standard InChI is InChI=1S/C29H30ClN5O5S/c1-2-39-28(36)21-41(37,38)35(15-4-8-22-6-3-7-23(18-22)20-31)24-9-10-27(26(30)19-24)40-25-11-16-34(17-12-25)29-32-13-5-14-33-29/h3-10,13-14,18-19,25H,2,11-12,15-17,21H2,1H3. The molecule has 1 aromatic heterocycles. The molecule has 12 heteroatoms. The molecule has 0 N–H and O–H groups in total. The average Bonchev–Trinajstić information content (AvgIpc) is 2.97. The second-order valence-corrected chi connectivity index (χ2v) is 11.5. The number of hydrogen-bond donors (Lipinski definition) is 0. The highest BCUT2D eigenvalue weighted by Gasteiger charge is 2.27. The fourth-order valence-electron chi connectivity index (χ4n) is 4.35. The Labute approximate surface area is 244 Å². The van der Waals surface area contributed by atoms with Gasteiger partial charge in [0.1, 0.15) is 11.9 Å². The van der Waals surface area contributed by atoms with Gasteiger partial charge in [0, 0.05) is 38.3 Å². The van der Waals surface area contributed by atoms with Crippen LogP contribution in [0.15, 0.2) is 67.0 Å². The van der Waals surface area contributed by atoms with Crippen molar-refractivity contribution in [2.24, 2.45) is 0 Å². The molecule has 0 spiro atoms. The highest BCUT2D eigenvalue weighted by Crippen LogP contribution is 2.33. The molecule has 3 aromatic rings. The van der Waals surface area contributed by atoms with Gasteiger partial charge in [0.25, 0.3) is 0 Å². The molecule has 0 atom stereocenters. The molecular formula is C29H30ClN5O5S. The van der Waals surface area contributed by atoms with Crippen molar-refractivity contribution in [2.45, 2.75) is 25.9 Å². The van der Waals surface area contributed by atoms with Crippen LogP contribution in [0.4, 0.5) is 11.6 Å². The third-order valence-electron chi connectivity index (χ3n) is 6.31. The third kappa shape index (κ3) is 8.19. The smallest absolute Gasteiger partial charge is 0.323 e. The average molecular weight is 596 g/mol. The largest absolute Gasteiger partial charge is 0.489 e. The molecule has 10 nitrogen and oxygen atoms in total. The number of carbonyl (C=O) groups is 1. The van der Waals surface area contributed by atoms with Crippen LogP contribution in [0.1, 0.15) is 30.9 Å². The Hall–Kier alpha value is -4.14. The van der Waals surface area contributed by atoms with Gasteiger partial charge in [-0.1, -0.05) is 35.9 Å². The summed E-state index contributed by atoms with van der Waals surface area (Å²) >= 11 is 6.57. The summed E-state index contributed by atoms with van der Waals surface area (Å²) in [7, 11) is -4.12. The van der Waals surface area contributed by atoms with Crippen molar-refractivity contribution in [3.63, 3.8) is 0 Å². The van der Waals surface area contributed by atoms with Crippen molar-refractivity contribution in [1.29, 1.82) is 5.26 Å². The molecule has 2 aromatic carbocycles. The number of benzene rings is 2. The zero-order valence-electron chi connectivity index (χ0n) is 22.5. The summed E-state index contributed by atoms with van der Waals surface area (Å²) in [6.07, 6.45) is 8.19. The number of sulfonamides is 1. The minimum Gasteiger partial charge on any atom is -0.489 e. The van der Waals surface area contributed by atoms with Crippen molar-refractivity contribution in [3.05, 3.63) is 83.2 Å². The number of carbonyl (C=O) groups excluding carboxylic acids is 1. The molecule has 1 aliphatic rings. The lowest BCUT2D eigenvalue weighted by Gasteiger charge is -2.32. The van der Waals surface area contributed by atoms with Crippen LogP contribution in [0.2, 0.25) is 5.02 Å². The Morgan fingerprint density at radius 1 is 1.17 bits per heavy atom. The molecule has 1 aliphatic heterocycles. The number of ether oxygens (including phenoxy) is 2. The van der Waals surface area contributed by atoms with E-state index >= 15 is 0 Å². The van der Waals surface area contributed by atoms with Gasteiger partial charge < -0.3 is 14.4 Å². The summed E-state index contributed by atoms with van der Waals surface area (Å²) in [5.74, 6) is -0.541. The zero-order chi connectivity index (χ0) is 29.2. The molecular weight excluding hydrogens is 566 g/mol. The molecule has 0 bridgehead atoms. The van der Waals surface area contributed by atoms with Crippen LogP contribution < -0.4 is 13.9 Å². The van der Waals surface area contributed by atoms with Crippen molar-refractivity contribution < 1.29 is 22.7 Å². The van der Waals surface area contributed by atoms with Crippen molar-refractivity contribution in [2.75, 3.05) is 41.2 Å². The summed E-state index contributed by atoms with van der Waals surface area (Å²) in [4.78, 5) is 22.8. The van der Waals surface area contributed by atoms with Crippen LogP contribution in [-0.2, 0) is 19.6 Å². The van der Waals surface area contributed by atoms with E-state index in [-0.39, 0.29) is 30.0 Å². The monoisotopic (exact) mass is 595 g/mol. The number of esters is 1. The van der Waals surface area contributed by atoms with Crippen LogP contribution in [0, 0.1) is 11.3 Å². The molecule has 2 heterocycles. The highest BCUT2D eigenvalue weighted by atomic mass is 35.5. The lowest BCUT2D eigenvalue weighted by molar-refractivity contribution is -0.139. The van der Waals surface area contributed by atoms with Gasteiger partial charge in [-0.15, -0.1) is 0 Å². The number of piperidine rings is 1. The first-order valence-corrected chi connectivity index (χ1v) is 15.1. The topological polar surface area (TPSA) is 126 Å². The maximum atomic E-state index is 13.3. The quantitative estimate of drug-likeness (QED) is 0.295. The molecule has 0 saturated carbocycles. The first-order chi connectivity index (χ1) is 19.8. The molecule has 0 aliphatic carbocycles. The van der Waals surface area contributed by atoms with Gasteiger partial charge in [0.05, 0.1) is 35.5 Å². The normalized spacial score (nSPS) is 14.0. The molecule has 1 saturated heterocycles. The Morgan fingerprint density at radius 3 is 2.61 bits per heavy atom. The van der Waals surface area contributed by atoms with E-state index in [0.29, 0.717) is 17.3 Å². The minimum atomic E-state index is -4.12. The first kappa shape index (κ1) is 29.8. The van der Waals surface area contributed by atoms with Gasteiger partial charge in [-0.3, -0.25) is 9.10 Å². The highest BCUT2D eigenvalue weighted by molar-refractivity contribution is 7.93. The number of aromatic nitrogens is 2. The second-order valence-electron chi connectivity index (χ2n) is 9.20. The Balaban J connectivity index is 1.49. The van der Waals surface area contributed by atoms with Crippen molar-refractivity contribution >= 4 is 45.3 Å². The van der Waals surface area contributed by atoms with Crippen LogP contribution >= 0.6 is 11.6 Å². The first-order valence-electron chi connectivity index (χ1n) is 13.1. The van der Waals surface area contributed by atoms with E-state index in [1.54, 1.807) is 73.9 Å².